The van der Waals surface area contributed by atoms with Crippen molar-refractivity contribution in [1.82, 2.24) is 9.62 Å². The fourth-order valence-corrected chi connectivity index (χ4v) is 4.87. The molecule has 6 nitrogen and oxygen atoms in total. The van der Waals surface area contributed by atoms with Gasteiger partial charge in [-0.3, -0.25) is 4.79 Å². The molecule has 1 amide bonds. The second-order valence-corrected chi connectivity index (χ2v) is 10.1. The molecule has 156 valence electrons. The summed E-state index contributed by atoms with van der Waals surface area (Å²) in [6.07, 6.45) is 7.02. The summed E-state index contributed by atoms with van der Waals surface area (Å²) in [5, 5.41) is 0. The second kappa shape index (κ2) is 9.37. The molecule has 2 aliphatic heterocycles. The van der Waals surface area contributed by atoms with E-state index in [1.165, 1.54) is 11.8 Å². The summed E-state index contributed by atoms with van der Waals surface area (Å²) >= 11 is 0. The summed E-state index contributed by atoms with van der Waals surface area (Å²) in [6.45, 7) is 2.61. The van der Waals surface area contributed by atoms with E-state index in [0.717, 1.165) is 51.6 Å². The van der Waals surface area contributed by atoms with Gasteiger partial charge in [-0.1, -0.05) is 30.3 Å². The maximum Gasteiger partial charge on any atom is 0.222 e. The van der Waals surface area contributed by atoms with Crippen molar-refractivity contribution in [2.24, 2.45) is 5.92 Å². The van der Waals surface area contributed by atoms with Gasteiger partial charge in [0, 0.05) is 32.7 Å². The molecule has 1 aromatic carbocycles. The number of nitrogens with zero attached hydrogens (tertiary/aromatic N) is 1. The van der Waals surface area contributed by atoms with Gasteiger partial charge in [0.15, 0.2) is 0 Å². The third kappa shape index (κ3) is 6.29. The number of likely N-dealkylation sites (tertiary alicyclic amines) is 1. The second-order valence-electron chi connectivity index (χ2n) is 8.23. The van der Waals surface area contributed by atoms with E-state index in [1.54, 1.807) is 0 Å². The quantitative estimate of drug-likeness (QED) is 0.751. The Kier molecular flexibility index (Phi) is 7.12. The van der Waals surface area contributed by atoms with Gasteiger partial charge in [0.25, 0.3) is 0 Å². The predicted octanol–water partition coefficient (Wildman–Crippen LogP) is 2.35. The maximum absolute atomic E-state index is 12.5. The highest BCUT2D eigenvalue weighted by Gasteiger charge is 2.41. The van der Waals surface area contributed by atoms with Gasteiger partial charge in [0.2, 0.25) is 15.9 Å². The van der Waals surface area contributed by atoms with Crippen LogP contribution in [0.4, 0.5) is 0 Å². The van der Waals surface area contributed by atoms with E-state index in [9.17, 15) is 13.2 Å². The third-order valence-electron chi connectivity index (χ3n) is 5.96. The Balaban J connectivity index is 1.42. The van der Waals surface area contributed by atoms with Gasteiger partial charge < -0.3 is 9.64 Å². The Morgan fingerprint density at radius 3 is 2.64 bits per heavy atom. The Bertz CT molecular complexity index is 743. The molecule has 2 fully saturated rings. The molecule has 2 saturated heterocycles. The van der Waals surface area contributed by atoms with Crippen molar-refractivity contribution in [3.8, 4) is 0 Å². The lowest BCUT2D eigenvalue weighted by Crippen LogP contribution is -2.51. The van der Waals surface area contributed by atoms with E-state index < -0.39 is 10.0 Å². The summed E-state index contributed by atoms with van der Waals surface area (Å²) in [4.78, 5) is 14.5. The number of hydrogen-bond donors (Lipinski definition) is 1. The van der Waals surface area contributed by atoms with Gasteiger partial charge in [0.1, 0.15) is 0 Å². The summed E-state index contributed by atoms with van der Waals surface area (Å²) in [7, 11) is -3.16. The van der Waals surface area contributed by atoms with Crippen molar-refractivity contribution in [2.75, 3.05) is 32.5 Å². The van der Waals surface area contributed by atoms with Gasteiger partial charge in [-0.2, -0.15) is 0 Å². The Labute approximate surface area is 168 Å². The zero-order valence-electron chi connectivity index (χ0n) is 16.7. The highest BCUT2D eigenvalue weighted by molar-refractivity contribution is 7.88. The van der Waals surface area contributed by atoms with Crippen LogP contribution >= 0.6 is 0 Å². The molecule has 1 aromatic rings. The van der Waals surface area contributed by atoms with E-state index >= 15 is 0 Å². The highest BCUT2D eigenvalue weighted by Crippen LogP contribution is 2.37. The number of aryl methyl sites for hydroxylation is 1. The van der Waals surface area contributed by atoms with Crippen LogP contribution in [-0.4, -0.2) is 57.3 Å². The normalized spacial score (nSPS) is 22.3. The lowest BCUT2D eigenvalue weighted by molar-refractivity contribution is -0.146. The van der Waals surface area contributed by atoms with Gasteiger partial charge >= 0.3 is 0 Å². The molecule has 1 atom stereocenters. The largest absolute Gasteiger partial charge is 0.375 e. The summed E-state index contributed by atoms with van der Waals surface area (Å²) in [5.74, 6) is 0.536. The molecular formula is C21H32N2O4S. The number of carbonyl (C=O) groups excluding carboxylic acids is 1. The summed E-state index contributed by atoms with van der Waals surface area (Å²) < 4.78 is 31.4. The van der Waals surface area contributed by atoms with Crippen LogP contribution in [0.25, 0.3) is 0 Å². The standard InChI is InChI=1S/C21H32N2O4S/c1-28(25,26)22-17-19-10-15-27-21(16-19)11-13-23(14-12-21)20(24)9-5-8-18-6-3-2-4-7-18/h2-4,6-7,19,22H,5,8-17H2,1H3. The van der Waals surface area contributed by atoms with E-state index in [2.05, 4.69) is 16.9 Å². The molecule has 1 unspecified atom stereocenters. The summed E-state index contributed by atoms with van der Waals surface area (Å²) in [6, 6.07) is 10.3. The van der Waals surface area contributed by atoms with Gasteiger partial charge in [-0.15, -0.1) is 0 Å². The molecule has 0 bridgehead atoms. The van der Waals surface area contributed by atoms with E-state index in [-0.39, 0.29) is 11.5 Å². The average molecular weight is 409 g/mol. The molecule has 28 heavy (non-hydrogen) atoms. The monoisotopic (exact) mass is 408 g/mol. The minimum absolute atomic E-state index is 0.192. The first-order chi connectivity index (χ1) is 13.4. The first-order valence-electron chi connectivity index (χ1n) is 10.3. The zero-order valence-corrected chi connectivity index (χ0v) is 17.5. The maximum atomic E-state index is 12.5. The molecule has 1 N–H and O–H groups in total. The summed E-state index contributed by atoms with van der Waals surface area (Å²) in [5.41, 5.74) is 1.08. The van der Waals surface area contributed by atoms with Crippen molar-refractivity contribution in [2.45, 2.75) is 50.5 Å². The number of rotatable bonds is 7. The SMILES string of the molecule is CS(=O)(=O)NCC1CCOC2(CCN(C(=O)CCCc3ccccc3)CC2)C1. The predicted molar refractivity (Wildman–Crippen MR) is 109 cm³/mol. The number of nitrogens with one attached hydrogen (secondary N) is 1. The van der Waals surface area contributed by atoms with E-state index in [1.807, 2.05) is 23.1 Å². The molecule has 0 aliphatic carbocycles. The number of amides is 1. The van der Waals surface area contributed by atoms with Crippen molar-refractivity contribution >= 4 is 15.9 Å². The topological polar surface area (TPSA) is 75.7 Å². The zero-order chi connectivity index (χ0) is 20.0. The molecule has 2 aliphatic rings. The highest BCUT2D eigenvalue weighted by atomic mass is 32.2. The number of benzene rings is 1. The average Bonchev–Trinajstić information content (AvgIpc) is 2.67. The van der Waals surface area contributed by atoms with Crippen LogP contribution in [0.1, 0.15) is 44.1 Å². The van der Waals surface area contributed by atoms with Crippen LogP contribution in [0, 0.1) is 5.92 Å². The fraction of sp³-hybridized carbons (Fsp3) is 0.667. The minimum atomic E-state index is -3.16. The van der Waals surface area contributed by atoms with Crippen LogP contribution in [0.2, 0.25) is 0 Å². The fourth-order valence-electron chi connectivity index (χ4n) is 4.33. The lowest BCUT2D eigenvalue weighted by atomic mass is 9.79. The Hall–Kier alpha value is -1.44. The lowest BCUT2D eigenvalue weighted by Gasteiger charge is -2.46. The van der Waals surface area contributed by atoms with Crippen molar-refractivity contribution in [3.63, 3.8) is 0 Å². The Morgan fingerprint density at radius 1 is 1.25 bits per heavy atom. The molecule has 0 saturated carbocycles. The van der Waals surface area contributed by atoms with Crippen molar-refractivity contribution < 1.29 is 17.9 Å². The molecular weight excluding hydrogens is 376 g/mol. The van der Waals surface area contributed by atoms with Crippen LogP contribution in [0.15, 0.2) is 30.3 Å². The number of sulfonamides is 1. The van der Waals surface area contributed by atoms with Crippen molar-refractivity contribution in [1.29, 1.82) is 0 Å². The molecule has 1 spiro atoms. The van der Waals surface area contributed by atoms with E-state index in [0.29, 0.717) is 25.5 Å². The molecule has 3 rings (SSSR count). The number of ether oxygens (including phenoxy) is 1. The van der Waals surface area contributed by atoms with Crippen molar-refractivity contribution in [3.05, 3.63) is 35.9 Å². The minimum Gasteiger partial charge on any atom is -0.375 e. The van der Waals surface area contributed by atoms with Crippen LogP contribution in [0.5, 0.6) is 0 Å². The Morgan fingerprint density at radius 2 is 1.96 bits per heavy atom. The smallest absolute Gasteiger partial charge is 0.222 e. The number of carbonyl (C=O) groups is 1. The first kappa shape index (κ1) is 21.3. The third-order valence-corrected chi connectivity index (χ3v) is 6.65. The van der Waals surface area contributed by atoms with Crippen LogP contribution < -0.4 is 4.72 Å². The van der Waals surface area contributed by atoms with Crippen LogP contribution in [0.3, 0.4) is 0 Å². The van der Waals surface area contributed by atoms with E-state index in [4.69, 9.17) is 4.74 Å². The van der Waals surface area contributed by atoms with Gasteiger partial charge in [-0.25, -0.2) is 13.1 Å². The first-order valence-corrected chi connectivity index (χ1v) is 12.1. The molecule has 0 radical (unpaired) electrons. The van der Waals surface area contributed by atoms with Gasteiger partial charge in [0.05, 0.1) is 11.9 Å². The van der Waals surface area contributed by atoms with Gasteiger partial charge in [-0.05, 0) is 50.0 Å². The molecule has 7 heteroatoms. The molecule has 2 heterocycles. The molecule has 0 aromatic heterocycles. The van der Waals surface area contributed by atoms with Crippen LogP contribution in [-0.2, 0) is 26.0 Å². The number of piperidine rings is 1. The number of hydrogen-bond acceptors (Lipinski definition) is 4.